The van der Waals surface area contributed by atoms with E-state index in [4.69, 9.17) is 0 Å². The van der Waals surface area contributed by atoms with Crippen molar-refractivity contribution in [2.45, 2.75) is 70.8 Å². The van der Waals surface area contributed by atoms with E-state index in [1.807, 2.05) is 24.5 Å². The Morgan fingerprint density at radius 1 is 1.05 bits per heavy atom. The maximum atomic E-state index is 11.0. The van der Waals surface area contributed by atoms with Gasteiger partial charge in [-0.25, -0.2) is 0 Å². The number of rotatable bonds is 14. The second kappa shape index (κ2) is 15.7. The summed E-state index contributed by atoms with van der Waals surface area (Å²) in [5, 5.41) is 11.0. The van der Waals surface area contributed by atoms with E-state index in [0.29, 0.717) is 12.8 Å². The molecule has 0 aromatic rings. The number of nitrogens with zero attached hydrogens (tertiary/aromatic N) is 1. The van der Waals surface area contributed by atoms with Crippen molar-refractivity contribution in [2.75, 3.05) is 0 Å². The molecule has 0 amide bonds. The molecular weight excluding hydrogens is 278 g/mol. The fourth-order valence-electron chi connectivity index (χ4n) is 1.93. The van der Waals surface area contributed by atoms with Crippen LogP contribution < -0.4 is 0 Å². The van der Waals surface area contributed by atoms with Gasteiger partial charge in [-0.05, 0) is 38.2 Å². The van der Waals surface area contributed by atoms with Crippen molar-refractivity contribution in [3.05, 3.63) is 46.6 Å². The second-order valence-electron chi connectivity index (χ2n) is 5.26. The van der Waals surface area contributed by atoms with Crippen molar-refractivity contribution in [1.82, 2.24) is 0 Å². The van der Waals surface area contributed by atoms with Crippen LogP contribution in [0.4, 0.5) is 0 Å². The number of unbranched alkanes of at least 4 members (excludes halogenated alkanes) is 6. The first kappa shape index (κ1) is 20.3. The molecule has 123 valence electrons. The number of nitro groups is 1. The van der Waals surface area contributed by atoms with E-state index in [9.17, 15) is 14.9 Å². The zero-order chi connectivity index (χ0) is 16.5. The van der Waals surface area contributed by atoms with Gasteiger partial charge in [0, 0.05) is 17.8 Å². The first-order valence-electron chi connectivity index (χ1n) is 8.19. The van der Waals surface area contributed by atoms with Gasteiger partial charge in [0.2, 0.25) is 6.04 Å². The zero-order valence-corrected chi connectivity index (χ0v) is 13.6. The van der Waals surface area contributed by atoms with Crippen LogP contribution in [-0.2, 0) is 4.79 Å². The zero-order valence-electron chi connectivity index (χ0n) is 13.6. The topological polar surface area (TPSA) is 60.2 Å². The van der Waals surface area contributed by atoms with Gasteiger partial charge in [0.15, 0.2) is 6.29 Å². The Bertz CT molecular complexity index is 373. The number of hydrogen-bond acceptors (Lipinski definition) is 3. The summed E-state index contributed by atoms with van der Waals surface area (Å²) in [6.45, 7) is 2.17. The van der Waals surface area contributed by atoms with Crippen molar-refractivity contribution in [3.63, 3.8) is 0 Å². The smallest absolute Gasteiger partial charge is 0.234 e. The lowest BCUT2D eigenvalue weighted by Gasteiger charge is -2.00. The summed E-state index contributed by atoms with van der Waals surface area (Å²) in [4.78, 5) is 20.7. The van der Waals surface area contributed by atoms with Gasteiger partial charge < -0.3 is 0 Å². The Morgan fingerprint density at radius 2 is 1.77 bits per heavy atom. The van der Waals surface area contributed by atoms with E-state index in [-0.39, 0.29) is 4.92 Å². The monoisotopic (exact) mass is 306 g/mol. The standard InChI is InChI=1S/C18H28NO3/c1-2-3-4-5-6-9-12-15-18(19(21)22)16-13-10-7-8-11-14-17-20/h6,9-10,12-13,15,18H,2-5,7-8,11,14,16H2,1H3/b9-6+,13-10+,15-12+. The molecule has 0 fully saturated rings. The quantitative estimate of drug-likeness (QED) is 0.150. The third-order valence-corrected chi connectivity index (χ3v) is 3.27. The van der Waals surface area contributed by atoms with E-state index in [2.05, 4.69) is 13.0 Å². The summed E-state index contributed by atoms with van der Waals surface area (Å²) in [5.74, 6) is 0. The lowest BCUT2D eigenvalue weighted by atomic mass is 10.1. The van der Waals surface area contributed by atoms with Crippen LogP contribution in [0.2, 0.25) is 0 Å². The molecule has 4 nitrogen and oxygen atoms in total. The van der Waals surface area contributed by atoms with E-state index in [0.717, 1.165) is 25.7 Å². The summed E-state index contributed by atoms with van der Waals surface area (Å²) in [5.41, 5.74) is 0. The van der Waals surface area contributed by atoms with E-state index >= 15 is 0 Å². The van der Waals surface area contributed by atoms with Gasteiger partial charge in [0.1, 0.15) is 0 Å². The van der Waals surface area contributed by atoms with Gasteiger partial charge in [0.05, 0.1) is 0 Å². The second-order valence-corrected chi connectivity index (χ2v) is 5.26. The fourth-order valence-corrected chi connectivity index (χ4v) is 1.93. The molecule has 1 unspecified atom stereocenters. The predicted octanol–water partition coefficient (Wildman–Crippen LogP) is 4.94. The van der Waals surface area contributed by atoms with E-state index in [1.165, 1.54) is 19.3 Å². The summed E-state index contributed by atoms with van der Waals surface area (Å²) in [7, 11) is 0. The molecule has 0 saturated heterocycles. The van der Waals surface area contributed by atoms with E-state index < -0.39 is 6.04 Å². The van der Waals surface area contributed by atoms with Crippen LogP contribution in [0.1, 0.15) is 64.7 Å². The lowest BCUT2D eigenvalue weighted by Crippen LogP contribution is -2.15. The lowest BCUT2D eigenvalue weighted by molar-refractivity contribution is -0.508. The van der Waals surface area contributed by atoms with Crippen LogP contribution in [0.5, 0.6) is 0 Å². The maximum Gasteiger partial charge on any atom is 0.234 e. The van der Waals surface area contributed by atoms with Gasteiger partial charge >= 0.3 is 0 Å². The molecule has 0 heterocycles. The van der Waals surface area contributed by atoms with Crippen molar-refractivity contribution >= 4 is 6.29 Å². The molecule has 0 aromatic carbocycles. The summed E-state index contributed by atoms with van der Waals surface area (Å²) in [6, 6.07) is -0.667. The Hall–Kier alpha value is -1.71. The van der Waals surface area contributed by atoms with Crippen LogP contribution in [0.3, 0.4) is 0 Å². The molecule has 0 spiro atoms. The van der Waals surface area contributed by atoms with Crippen molar-refractivity contribution < 1.29 is 9.72 Å². The highest BCUT2D eigenvalue weighted by atomic mass is 16.6. The Morgan fingerprint density at radius 3 is 2.45 bits per heavy atom. The number of allylic oxidation sites excluding steroid dienone is 4. The molecule has 0 aliphatic rings. The SMILES string of the molecule is CCCCC/C=C/C=C/C(C/C=C/CCCC[C]=O)[N+](=O)[O-]. The normalized spacial score (nSPS) is 13.3. The third kappa shape index (κ3) is 13.3. The fraction of sp³-hybridized carbons (Fsp3) is 0.611. The highest BCUT2D eigenvalue weighted by Crippen LogP contribution is 2.05. The predicted molar refractivity (Wildman–Crippen MR) is 91.1 cm³/mol. The van der Waals surface area contributed by atoms with E-state index in [1.54, 1.807) is 12.2 Å². The average molecular weight is 306 g/mol. The maximum absolute atomic E-state index is 11.0. The van der Waals surface area contributed by atoms with Crippen LogP contribution >= 0.6 is 0 Å². The van der Waals surface area contributed by atoms with Gasteiger partial charge in [-0.2, -0.15) is 0 Å². The molecule has 0 rings (SSSR count). The van der Waals surface area contributed by atoms with Crippen molar-refractivity contribution in [3.8, 4) is 0 Å². The molecule has 0 aliphatic heterocycles. The van der Waals surface area contributed by atoms with Crippen LogP contribution in [0.15, 0.2) is 36.5 Å². The molecule has 22 heavy (non-hydrogen) atoms. The summed E-state index contributed by atoms with van der Waals surface area (Å²) < 4.78 is 0. The molecule has 1 atom stereocenters. The third-order valence-electron chi connectivity index (χ3n) is 3.27. The first-order valence-corrected chi connectivity index (χ1v) is 8.19. The molecular formula is C18H28NO3. The molecule has 0 aromatic heterocycles. The minimum absolute atomic E-state index is 0.257. The summed E-state index contributed by atoms with van der Waals surface area (Å²) in [6.07, 6.45) is 21.1. The van der Waals surface area contributed by atoms with Crippen LogP contribution in [0.25, 0.3) is 0 Å². The molecule has 0 saturated carbocycles. The molecule has 0 aliphatic carbocycles. The Labute approximate surface area is 134 Å². The molecule has 4 heteroatoms. The molecule has 0 N–H and O–H groups in total. The minimum Gasteiger partial charge on any atom is -0.291 e. The van der Waals surface area contributed by atoms with Gasteiger partial charge in [0.25, 0.3) is 0 Å². The van der Waals surface area contributed by atoms with Crippen LogP contribution in [-0.4, -0.2) is 17.3 Å². The number of hydrogen-bond donors (Lipinski definition) is 0. The molecule has 1 radical (unpaired) electrons. The summed E-state index contributed by atoms with van der Waals surface area (Å²) >= 11 is 0. The minimum atomic E-state index is -0.667. The van der Waals surface area contributed by atoms with Gasteiger partial charge in [-0.1, -0.05) is 50.1 Å². The van der Waals surface area contributed by atoms with Crippen molar-refractivity contribution in [1.29, 1.82) is 0 Å². The first-order chi connectivity index (χ1) is 10.7. The van der Waals surface area contributed by atoms with Crippen LogP contribution in [0, 0.1) is 10.1 Å². The Kier molecular flexibility index (Phi) is 14.5. The van der Waals surface area contributed by atoms with Gasteiger partial charge in [-0.3, -0.25) is 14.9 Å². The molecule has 0 bridgehead atoms. The van der Waals surface area contributed by atoms with Crippen molar-refractivity contribution in [2.24, 2.45) is 0 Å². The van der Waals surface area contributed by atoms with Gasteiger partial charge in [-0.15, -0.1) is 0 Å². The number of carbonyl (C=O) groups excluding carboxylic acids is 1. The average Bonchev–Trinajstić information content (AvgIpc) is 2.50. The highest BCUT2D eigenvalue weighted by molar-refractivity contribution is 5.50. The highest BCUT2D eigenvalue weighted by Gasteiger charge is 2.12. The Balaban J connectivity index is 3.97. The largest absolute Gasteiger partial charge is 0.291 e.